The zero-order chi connectivity index (χ0) is 15.5. The van der Waals surface area contributed by atoms with Crippen LogP contribution in [-0.2, 0) is 11.3 Å². The molecule has 6 heteroatoms. The average Bonchev–Trinajstić information content (AvgIpc) is 2.54. The van der Waals surface area contributed by atoms with Crippen LogP contribution in [0.3, 0.4) is 0 Å². The number of hydrogen-bond acceptors (Lipinski definition) is 4. The highest BCUT2D eigenvalue weighted by Gasteiger charge is 2.12. The molecule has 0 unspecified atom stereocenters. The molecule has 0 radical (unpaired) electrons. The predicted molar refractivity (Wildman–Crippen MR) is 90.2 cm³/mol. The van der Waals surface area contributed by atoms with Crippen molar-refractivity contribution in [2.45, 2.75) is 6.54 Å². The van der Waals surface area contributed by atoms with Gasteiger partial charge in [0, 0.05) is 38.3 Å². The Morgan fingerprint density at radius 3 is 2.73 bits per heavy atom. The second kappa shape index (κ2) is 6.54. The van der Waals surface area contributed by atoms with Crippen LogP contribution in [0.1, 0.15) is 0 Å². The first kappa shape index (κ1) is 15.1. The summed E-state index contributed by atoms with van der Waals surface area (Å²) < 4.78 is 12.6. The van der Waals surface area contributed by atoms with Gasteiger partial charge >= 0.3 is 0 Å². The van der Waals surface area contributed by atoms with Gasteiger partial charge in [-0.25, -0.2) is 0 Å². The van der Waals surface area contributed by atoms with Crippen molar-refractivity contribution in [1.82, 2.24) is 9.47 Å². The Morgan fingerprint density at radius 2 is 2.00 bits per heavy atom. The number of nitrogens with zero attached hydrogens (tertiary/aromatic N) is 2. The molecular formula is C16H21BN2O3. The van der Waals surface area contributed by atoms with E-state index in [0.717, 1.165) is 55.0 Å². The van der Waals surface area contributed by atoms with E-state index in [0.29, 0.717) is 6.54 Å². The second-order valence-corrected chi connectivity index (χ2v) is 5.66. The highest BCUT2D eigenvalue weighted by Crippen LogP contribution is 2.17. The maximum absolute atomic E-state index is 12.3. The van der Waals surface area contributed by atoms with Gasteiger partial charge in [-0.1, -0.05) is 6.07 Å². The zero-order valence-electron chi connectivity index (χ0n) is 13.2. The summed E-state index contributed by atoms with van der Waals surface area (Å²) in [5, 5.41) is 1.07. The molecule has 116 valence electrons. The molecule has 1 saturated heterocycles. The number of ether oxygens (including phenoxy) is 2. The molecule has 0 aliphatic carbocycles. The lowest BCUT2D eigenvalue weighted by molar-refractivity contribution is 0.0364. The van der Waals surface area contributed by atoms with E-state index < -0.39 is 0 Å². The van der Waals surface area contributed by atoms with Gasteiger partial charge in [0.2, 0.25) is 0 Å². The minimum absolute atomic E-state index is 0.0339. The smallest absolute Gasteiger partial charge is 0.251 e. The Hall–Kier alpha value is -1.79. The van der Waals surface area contributed by atoms with Crippen LogP contribution < -0.4 is 15.8 Å². The van der Waals surface area contributed by atoms with E-state index >= 15 is 0 Å². The molecule has 0 atom stereocenters. The number of benzene rings is 1. The molecule has 2 heterocycles. The number of hydrogen-bond donors (Lipinski definition) is 0. The Balaban J connectivity index is 1.92. The highest BCUT2D eigenvalue weighted by atomic mass is 16.5. The molecular weight excluding hydrogens is 279 g/mol. The van der Waals surface area contributed by atoms with Crippen LogP contribution in [0.15, 0.2) is 29.1 Å². The van der Waals surface area contributed by atoms with E-state index in [1.807, 2.05) is 24.5 Å². The topological polar surface area (TPSA) is 43.7 Å². The van der Waals surface area contributed by atoms with E-state index in [1.165, 1.54) is 0 Å². The molecule has 22 heavy (non-hydrogen) atoms. The van der Waals surface area contributed by atoms with Crippen LogP contribution in [0.5, 0.6) is 5.75 Å². The van der Waals surface area contributed by atoms with E-state index in [2.05, 4.69) is 11.0 Å². The lowest BCUT2D eigenvalue weighted by Crippen LogP contribution is -2.39. The molecule has 0 bridgehead atoms. The molecule has 1 aromatic heterocycles. The van der Waals surface area contributed by atoms with Gasteiger partial charge in [-0.15, -0.1) is 0 Å². The Labute approximate surface area is 130 Å². The second-order valence-electron chi connectivity index (χ2n) is 5.66. The highest BCUT2D eigenvalue weighted by molar-refractivity contribution is 6.35. The van der Waals surface area contributed by atoms with Gasteiger partial charge in [-0.05, 0) is 16.9 Å². The predicted octanol–water partition coefficient (Wildman–Crippen LogP) is -0.399. The van der Waals surface area contributed by atoms with Crippen LogP contribution >= 0.6 is 0 Å². The van der Waals surface area contributed by atoms with Gasteiger partial charge in [0.1, 0.15) is 13.6 Å². The third-order valence-corrected chi connectivity index (χ3v) is 4.25. The van der Waals surface area contributed by atoms with Gasteiger partial charge in [0.25, 0.3) is 5.56 Å². The molecule has 0 N–H and O–H groups in total. The van der Waals surface area contributed by atoms with Crippen molar-refractivity contribution in [3.8, 4) is 5.75 Å². The minimum Gasteiger partial charge on any atom is -0.497 e. The number of methoxy groups -OCH3 is 1. The molecule has 0 saturated carbocycles. The van der Waals surface area contributed by atoms with Gasteiger partial charge in [0.05, 0.1) is 25.8 Å². The largest absolute Gasteiger partial charge is 0.497 e. The molecule has 1 fully saturated rings. The molecule has 2 aromatic rings. The van der Waals surface area contributed by atoms with E-state index in [9.17, 15) is 4.79 Å². The molecule has 1 aliphatic rings. The van der Waals surface area contributed by atoms with Crippen LogP contribution in [0, 0.1) is 0 Å². The monoisotopic (exact) mass is 300 g/mol. The Kier molecular flexibility index (Phi) is 4.50. The van der Waals surface area contributed by atoms with Gasteiger partial charge in [0.15, 0.2) is 0 Å². The summed E-state index contributed by atoms with van der Waals surface area (Å²) in [4.78, 5) is 14.6. The van der Waals surface area contributed by atoms with Crippen LogP contribution in [0.25, 0.3) is 10.9 Å². The Morgan fingerprint density at radius 1 is 1.23 bits per heavy atom. The van der Waals surface area contributed by atoms with E-state index in [-0.39, 0.29) is 5.56 Å². The third-order valence-electron chi connectivity index (χ3n) is 4.25. The Bertz CT molecular complexity index is 723. The molecule has 0 spiro atoms. The summed E-state index contributed by atoms with van der Waals surface area (Å²) >= 11 is 0. The summed E-state index contributed by atoms with van der Waals surface area (Å²) in [6, 6.07) is 7.56. The van der Waals surface area contributed by atoms with Gasteiger partial charge in [-0.2, -0.15) is 0 Å². The van der Waals surface area contributed by atoms with Gasteiger partial charge in [-0.3, -0.25) is 9.69 Å². The van der Waals surface area contributed by atoms with Crippen molar-refractivity contribution < 1.29 is 9.47 Å². The fraction of sp³-hybridized carbons (Fsp3) is 0.438. The normalized spacial score (nSPS) is 16.0. The standard InChI is InChI=1S/C16H21BN2O3/c1-21-15-11-14-12(10-13(15)17)2-3-16(20)19(14)5-4-18-6-8-22-9-7-18/h2-3,10-11H,4-9,17H2,1H3. The summed E-state index contributed by atoms with van der Waals surface area (Å²) in [6.45, 7) is 4.96. The number of rotatable bonds is 4. The summed E-state index contributed by atoms with van der Waals surface area (Å²) in [5.74, 6) is 0.818. The first-order valence-electron chi connectivity index (χ1n) is 7.67. The van der Waals surface area contributed by atoms with Crippen molar-refractivity contribution in [1.29, 1.82) is 0 Å². The lowest BCUT2D eigenvalue weighted by Gasteiger charge is -2.27. The maximum atomic E-state index is 12.3. The quantitative estimate of drug-likeness (QED) is 0.721. The van der Waals surface area contributed by atoms with Crippen molar-refractivity contribution in [3.63, 3.8) is 0 Å². The zero-order valence-corrected chi connectivity index (χ0v) is 13.2. The fourth-order valence-electron chi connectivity index (χ4n) is 2.95. The van der Waals surface area contributed by atoms with Crippen molar-refractivity contribution in [2.24, 2.45) is 0 Å². The molecule has 0 amide bonds. The summed E-state index contributed by atoms with van der Waals surface area (Å²) in [5.41, 5.74) is 2.04. The van der Waals surface area contributed by atoms with Crippen LogP contribution in [0.2, 0.25) is 0 Å². The van der Waals surface area contributed by atoms with E-state index in [1.54, 1.807) is 13.2 Å². The lowest BCUT2D eigenvalue weighted by atomic mass is 9.93. The molecule has 3 rings (SSSR count). The summed E-state index contributed by atoms with van der Waals surface area (Å²) in [7, 11) is 3.68. The first-order chi connectivity index (χ1) is 10.7. The van der Waals surface area contributed by atoms with Gasteiger partial charge < -0.3 is 14.0 Å². The molecule has 1 aromatic carbocycles. The van der Waals surface area contributed by atoms with Crippen molar-refractivity contribution in [3.05, 3.63) is 34.6 Å². The maximum Gasteiger partial charge on any atom is 0.251 e. The minimum atomic E-state index is 0.0339. The fourth-order valence-corrected chi connectivity index (χ4v) is 2.95. The number of morpholine rings is 1. The molecule has 5 nitrogen and oxygen atoms in total. The summed E-state index contributed by atoms with van der Waals surface area (Å²) in [6.07, 6.45) is 0. The van der Waals surface area contributed by atoms with Crippen LogP contribution in [0.4, 0.5) is 0 Å². The number of pyridine rings is 1. The van der Waals surface area contributed by atoms with Crippen LogP contribution in [-0.4, -0.2) is 57.3 Å². The first-order valence-corrected chi connectivity index (χ1v) is 7.67. The average molecular weight is 300 g/mol. The SMILES string of the molecule is Bc1cc2ccc(=O)n(CCN3CCOCC3)c2cc1OC. The number of fused-ring (bicyclic) bond motifs is 1. The number of aromatic nitrogens is 1. The van der Waals surface area contributed by atoms with Crippen molar-refractivity contribution >= 4 is 24.2 Å². The molecule has 1 aliphatic heterocycles. The van der Waals surface area contributed by atoms with Crippen molar-refractivity contribution in [2.75, 3.05) is 40.0 Å². The third kappa shape index (κ3) is 3.03. The van der Waals surface area contributed by atoms with E-state index in [4.69, 9.17) is 9.47 Å².